The molecule has 140 valence electrons. The van der Waals surface area contributed by atoms with Crippen LogP contribution in [0, 0.1) is 11.6 Å². The molecule has 2 aromatic rings. The summed E-state index contributed by atoms with van der Waals surface area (Å²) >= 11 is 0. The van der Waals surface area contributed by atoms with Crippen molar-refractivity contribution in [3.63, 3.8) is 0 Å². The van der Waals surface area contributed by atoms with Gasteiger partial charge < -0.3 is 10.0 Å². The zero-order valence-electron chi connectivity index (χ0n) is 15.0. The molecule has 2 fully saturated rings. The van der Waals surface area contributed by atoms with Gasteiger partial charge in [-0.15, -0.1) is 0 Å². The van der Waals surface area contributed by atoms with Crippen LogP contribution in [-0.4, -0.2) is 27.0 Å². The zero-order chi connectivity index (χ0) is 18.3. The lowest BCUT2D eigenvalue weighted by molar-refractivity contribution is 0.00866. The van der Waals surface area contributed by atoms with Gasteiger partial charge in [-0.25, -0.2) is 13.5 Å². The minimum atomic E-state index is -0.593. The van der Waals surface area contributed by atoms with Crippen LogP contribution < -0.4 is 4.90 Å². The fourth-order valence-corrected chi connectivity index (χ4v) is 4.42. The number of rotatable bonds is 3. The Bertz CT molecular complexity index is 779. The minimum absolute atomic E-state index is 0.173. The van der Waals surface area contributed by atoms with E-state index in [1.807, 2.05) is 17.7 Å². The van der Waals surface area contributed by atoms with Crippen LogP contribution in [0.25, 0.3) is 0 Å². The average molecular weight is 361 g/mol. The van der Waals surface area contributed by atoms with Gasteiger partial charge in [0.05, 0.1) is 23.9 Å². The first-order chi connectivity index (χ1) is 12.4. The quantitative estimate of drug-likeness (QED) is 0.883. The molecule has 1 unspecified atom stereocenters. The van der Waals surface area contributed by atoms with E-state index in [1.54, 1.807) is 6.20 Å². The van der Waals surface area contributed by atoms with Crippen LogP contribution >= 0.6 is 0 Å². The van der Waals surface area contributed by atoms with Gasteiger partial charge in [0.25, 0.3) is 0 Å². The highest BCUT2D eigenvalue weighted by atomic mass is 19.1. The van der Waals surface area contributed by atoms with Crippen molar-refractivity contribution in [2.24, 2.45) is 0 Å². The SMILES string of the molecule is CC1(O)CCC(n2nccc2N2CCCC2c2cc(F)ccc2F)CC1. The molecule has 1 atom stereocenters. The lowest BCUT2D eigenvalue weighted by Gasteiger charge is -2.35. The molecule has 26 heavy (non-hydrogen) atoms. The maximum Gasteiger partial charge on any atom is 0.128 e. The zero-order valence-corrected chi connectivity index (χ0v) is 15.0. The molecule has 1 aromatic heterocycles. The number of aromatic nitrogens is 2. The van der Waals surface area contributed by atoms with Crippen molar-refractivity contribution < 1.29 is 13.9 Å². The fraction of sp³-hybridized carbons (Fsp3) is 0.550. The number of halogens is 2. The Morgan fingerprint density at radius 1 is 1.15 bits per heavy atom. The third-order valence-electron chi connectivity index (χ3n) is 5.89. The van der Waals surface area contributed by atoms with Gasteiger partial charge in [-0.1, -0.05) is 0 Å². The molecule has 0 radical (unpaired) electrons. The number of nitrogens with zero attached hydrogens (tertiary/aromatic N) is 3. The highest BCUT2D eigenvalue weighted by Crippen LogP contribution is 2.41. The van der Waals surface area contributed by atoms with E-state index in [0.717, 1.165) is 57.0 Å². The highest BCUT2D eigenvalue weighted by molar-refractivity contribution is 5.45. The van der Waals surface area contributed by atoms with E-state index in [2.05, 4.69) is 10.00 Å². The van der Waals surface area contributed by atoms with Gasteiger partial charge in [-0.2, -0.15) is 5.10 Å². The monoisotopic (exact) mass is 361 g/mol. The van der Waals surface area contributed by atoms with E-state index < -0.39 is 11.4 Å². The number of hydrogen-bond acceptors (Lipinski definition) is 3. The van der Waals surface area contributed by atoms with E-state index in [4.69, 9.17) is 0 Å². The summed E-state index contributed by atoms with van der Waals surface area (Å²) in [5, 5.41) is 14.7. The first-order valence-corrected chi connectivity index (χ1v) is 9.42. The van der Waals surface area contributed by atoms with Gasteiger partial charge >= 0.3 is 0 Å². The normalized spacial score (nSPS) is 29.3. The van der Waals surface area contributed by atoms with Crippen molar-refractivity contribution in [3.8, 4) is 0 Å². The smallest absolute Gasteiger partial charge is 0.128 e. The fourth-order valence-electron chi connectivity index (χ4n) is 4.42. The van der Waals surface area contributed by atoms with Crippen LogP contribution in [0.5, 0.6) is 0 Å². The summed E-state index contributed by atoms with van der Waals surface area (Å²) in [5.41, 5.74) is -0.174. The summed E-state index contributed by atoms with van der Waals surface area (Å²) < 4.78 is 30.0. The van der Waals surface area contributed by atoms with Gasteiger partial charge in [0, 0.05) is 18.2 Å². The van der Waals surface area contributed by atoms with E-state index in [9.17, 15) is 13.9 Å². The highest BCUT2D eigenvalue weighted by Gasteiger charge is 2.34. The van der Waals surface area contributed by atoms with Gasteiger partial charge in [-0.3, -0.25) is 0 Å². The predicted octanol–water partition coefficient (Wildman–Crippen LogP) is 4.37. The van der Waals surface area contributed by atoms with Gasteiger partial charge in [0.15, 0.2) is 0 Å². The molecule has 0 spiro atoms. The second-order valence-electron chi connectivity index (χ2n) is 7.88. The maximum atomic E-state index is 14.3. The maximum absolute atomic E-state index is 14.3. The molecule has 1 aliphatic carbocycles. The van der Waals surface area contributed by atoms with Gasteiger partial charge in [-0.05, 0) is 63.6 Å². The van der Waals surface area contributed by atoms with Crippen LogP contribution in [0.2, 0.25) is 0 Å². The Morgan fingerprint density at radius 3 is 2.69 bits per heavy atom. The molecule has 0 amide bonds. The lowest BCUT2D eigenvalue weighted by atomic mass is 9.84. The van der Waals surface area contributed by atoms with Crippen LogP contribution in [0.15, 0.2) is 30.5 Å². The summed E-state index contributed by atoms with van der Waals surface area (Å²) in [6, 6.07) is 5.71. The number of anilines is 1. The summed E-state index contributed by atoms with van der Waals surface area (Å²) in [6.07, 6.45) is 6.75. The standard InChI is InChI=1S/C20H25F2N3O/c1-20(26)9-6-15(7-10-20)25-19(8-11-23-25)24-12-2-3-18(24)16-13-14(21)4-5-17(16)22/h4-5,8,11,13,15,18,26H,2-3,6-7,9-10,12H2,1H3. The molecule has 0 bridgehead atoms. The second-order valence-corrected chi connectivity index (χ2v) is 7.88. The molecular weight excluding hydrogens is 336 g/mol. The molecule has 1 aromatic carbocycles. The van der Waals surface area contributed by atoms with Crippen LogP contribution in [0.1, 0.15) is 63.1 Å². The Morgan fingerprint density at radius 2 is 1.92 bits per heavy atom. The predicted molar refractivity (Wildman–Crippen MR) is 96.0 cm³/mol. The topological polar surface area (TPSA) is 41.3 Å². The number of aliphatic hydroxyl groups is 1. The van der Waals surface area contributed by atoms with E-state index in [-0.39, 0.29) is 17.9 Å². The molecule has 1 N–H and O–H groups in total. The minimum Gasteiger partial charge on any atom is -0.390 e. The van der Waals surface area contributed by atoms with Crippen molar-refractivity contribution >= 4 is 5.82 Å². The molecule has 1 aliphatic heterocycles. The summed E-state index contributed by atoms with van der Waals surface area (Å²) in [6.45, 7) is 2.69. The number of hydrogen-bond donors (Lipinski definition) is 1. The van der Waals surface area contributed by atoms with E-state index in [1.165, 1.54) is 12.1 Å². The molecular formula is C20H25F2N3O. The van der Waals surface area contributed by atoms with E-state index in [0.29, 0.717) is 5.56 Å². The Kier molecular flexibility index (Phi) is 4.47. The van der Waals surface area contributed by atoms with Crippen LogP contribution in [-0.2, 0) is 0 Å². The van der Waals surface area contributed by atoms with Crippen LogP contribution in [0.3, 0.4) is 0 Å². The van der Waals surface area contributed by atoms with Crippen molar-refractivity contribution in [2.75, 3.05) is 11.4 Å². The largest absolute Gasteiger partial charge is 0.390 e. The summed E-state index contributed by atoms with van der Waals surface area (Å²) in [4.78, 5) is 2.15. The average Bonchev–Trinajstić information content (AvgIpc) is 3.25. The third kappa shape index (κ3) is 3.22. The van der Waals surface area contributed by atoms with Crippen LogP contribution in [0.4, 0.5) is 14.6 Å². The summed E-state index contributed by atoms with van der Waals surface area (Å²) in [5.74, 6) is 0.196. The molecule has 1 saturated heterocycles. The van der Waals surface area contributed by atoms with Gasteiger partial charge in [0.1, 0.15) is 17.5 Å². The summed E-state index contributed by atoms with van der Waals surface area (Å²) in [7, 11) is 0. The van der Waals surface area contributed by atoms with Crippen molar-refractivity contribution in [2.45, 2.75) is 63.1 Å². The first-order valence-electron chi connectivity index (χ1n) is 9.42. The molecule has 6 heteroatoms. The van der Waals surface area contributed by atoms with Crippen molar-refractivity contribution in [1.82, 2.24) is 9.78 Å². The first kappa shape index (κ1) is 17.5. The third-order valence-corrected chi connectivity index (χ3v) is 5.89. The van der Waals surface area contributed by atoms with Gasteiger partial charge in [0.2, 0.25) is 0 Å². The lowest BCUT2D eigenvalue weighted by Crippen LogP contribution is -2.33. The Balaban J connectivity index is 1.62. The van der Waals surface area contributed by atoms with Crippen molar-refractivity contribution in [1.29, 1.82) is 0 Å². The Hall–Kier alpha value is -1.95. The second kappa shape index (κ2) is 6.65. The molecule has 2 heterocycles. The molecule has 4 rings (SSSR count). The Labute approximate surface area is 152 Å². The molecule has 2 aliphatic rings. The van der Waals surface area contributed by atoms with E-state index >= 15 is 0 Å². The molecule has 1 saturated carbocycles. The number of benzene rings is 1. The van der Waals surface area contributed by atoms with Crippen molar-refractivity contribution in [3.05, 3.63) is 47.7 Å². The molecule has 4 nitrogen and oxygen atoms in total.